The maximum absolute atomic E-state index is 12.6. The molecule has 0 aliphatic carbocycles. The number of phosphoric acid groups is 1. The van der Waals surface area contributed by atoms with Crippen molar-refractivity contribution in [1.82, 2.24) is 0 Å². The van der Waals surface area contributed by atoms with Crippen molar-refractivity contribution >= 4 is 25.5 Å². The number of hydrogen-bond donors (Lipinski definition) is 3. The van der Waals surface area contributed by atoms with Gasteiger partial charge >= 0.3 is 19.8 Å². The number of carbonyl (C=O) groups is 3. The number of phosphoric ester groups is 1. The Morgan fingerprint density at radius 3 is 1.59 bits per heavy atom. The molecule has 3 N–H and O–H groups in total. The first kappa shape index (κ1) is 52.1. The number of ketones is 1. The molecule has 0 aromatic rings. The monoisotopic (exact) mass is 789 g/mol. The first-order valence-corrected chi connectivity index (χ1v) is 22.7. The summed E-state index contributed by atoms with van der Waals surface area (Å²) in [4.78, 5) is 47.0. The van der Waals surface area contributed by atoms with Crippen molar-refractivity contribution in [1.29, 1.82) is 0 Å². The quantitative estimate of drug-likeness (QED) is 0.0178. The van der Waals surface area contributed by atoms with E-state index in [1.807, 2.05) is 6.08 Å². The van der Waals surface area contributed by atoms with E-state index in [4.69, 9.17) is 19.1 Å². The van der Waals surface area contributed by atoms with E-state index >= 15 is 0 Å². The van der Waals surface area contributed by atoms with Gasteiger partial charge in [0.1, 0.15) is 12.7 Å². The second-order valence-electron chi connectivity index (χ2n) is 14.4. The van der Waals surface area contributed by atoms with E-state index in [0.717, 1.165) is 57.8 Å². The van der Waals surface area contributed by atoms with E-state index in [0.29, 0.717) is 19.3 Å². The van der Waals surface area contributed by atoms with Crippen LogP contribution in [0.25, 0.3) is 0 Å². The summed E-state index contributed by atoms with van der Waals surface area (Å²) in [6.45, 7) is 2.20. The molecule has 0 heterocycles. The number of esters is 2. The number of allylic oxidation sites excluding steroid dienone is 4. The number of rotatable bonds is 40. The fraction of sp³-hybridized carbons (Fsp3) is 0.833. The maximum atomic E-state index is 12.6. The van der Waals surface area contributed by atoms with Crippen molar-refractivity contribution < 1.29 is 52.6 Å². The third kappa shape index (κ3) is 37.1. The number of aliphatic hydroxyl groups excluding tert-OH is 2. The van der Waals surface area contributed by atoms with Crippen molar-refractivity contribution in [2.24, 2.45) is 0 Å². The van der Waals surface area contributed by atoms with Crippen LogP contribution in [0.1, 0.15) is 187 Å². The van der Waals surface area contributed by atoms with Gasteiger partial charge in [0.2, 0.25) is 0 Å². The minimum atomic E-state index is -4.64. The van der Waals surface area contributed by atoms with Gasteiger partial charge in [-0.05, 0) is 38.2 Å². The zero-order valence-corrected chi connectivity index (χ0v) is 34.8. The molecular weight excluding hydrogens is 711 g/mol. The molecule has 12 heteroatoms. The van der Waals surface area contributed by atoms with Gasteiger partial charge in [-0.25, -0.2) is 4.57 Å². The molecule has 0 aliphatic heterocycles. The van der Waals surface area contributed by atoms with Crippen LogP contribution in [0.3, 0.4) is 0 Å². The summed E-state index contributed by atoms with van der Waals surface area (Å²) < 4.78 is 32.6. The zero-order valence-electron chi connectivity index (χ0n) is 33.9. The molecule has 0 fully saturated rings. The summed E-state index contributed by atoms with van der Waals surface area (Å²) in [5.74, 6) is -0.912. The molecule has 0 aromatic carbocycles. The van der Waals surface area contributed by atoms with Crippen molar-refractivity contribution in [3.8, 4) is 0 Å². The number of hydrogen-bond acceptors (Lipinski definition) is 10. The van der Waals surface area contributed by atoms with E-state index in [2.05, 4.69) is 24.4 Å². The van der Waals surface area contributed by atoms with E-state index in [1.54, 1.807) is 12.2 Å². The van der Waals surface area contributed by atoms with Crippen LogP contribution in [0.15, 0.2) is 24.3 Å². The normalized spacial score (nSPS) is 14.0. The van der Waals surface area contributed by atoms with Crippen molar-refractivity contribution in [2.45, 2.75) is 199 Å². The average Bonchev–Trinajstić information content (AvgIpc) is 3.15. The van der Waals surface area contributed by atoms with Crippen molar-refractivity contribution in [3.63, 3.8) is 0 Å². The molecule has 0 aliphatic rings. The smallest absolute Gasteiger partial charge is 0.462 e. The highest BCUT2D eigenvalue weighted by atomic mass is 31.2. The predicted octanol–water partition coefficient (Wildman–Crippen LogP) is 10.2. The van der Waals surface area contributed by atoms with Crippen LogP contribution in [-0.2, 0) is 37.5 Å². The summed E-state index contributed by atoms with van der Waals surface area (Å²) in [7, 11) is -4.64. The van der Waals surface area contributed by atoms with Gasteiger partial charge in [0.05, 0.1) is 19.8 Å². The molecule has 0 saturated carbocycles. The van der Waals surface area contributed by atoms with E-state index in [-0.39, 0.29) is 25.2 Å². The van der Waals surface area contributed by atoms with Gasteiger partial charge in [-0.1, -0.05) is 154 Å². The lowest BCUT2D eigenvalue weighted by Gasteiger charge is -2.20. The highest BCUT2D eigenvalue weighted by Gasteiger charge is 2.27. The SMILES string of the molecule is CCCCC/C=C\C=C\C(=O)CCCCCCCC(=O)O[C@H](COC(=O)CCCCCCCCCCCCCCCCC)COP(=O)(O)OC[C@@H](O)CO. The third-order valence-corrected chi connectivity index (χ3v) is 10.0. The molecule has 3 atom stereocenters. The summed E-state index contributed by atoms with van der Waals surface area (Å²) in [5.41, 5.74) is 0. The summed E-state index contributed by atoms with van der Waals surface area (Å²) in [6, 6.07) is 0. The zero-order chi connectivity index (χ0) is 40.0. The highest BCUT2D eigenvalue weighted by Crippen LogP contribution is 2.43. The Morgan fingerprint density at radius 1 is 0.593 bits per heavy atom. The number of ether oxygens (including phenoxy) is 2. The average molecular weight is 789 g/mol. The molecule has 0 rings (SSSR count). The van der Waals surface area contributed by atoms with Crippen LogP contribution in [-0.4, -0.2) is 71.5 Å². The van der Waals surface area contributed by atoms with Crippen molar-refractivity contribution in [2.75, 3.05) is 26.4 Å². The molecule has 11 nitrogen and oxygen atoms in total. The standard InChI is InChI=1S/C42H77O11P/c1-3-5-7-9-11-12-13-14-15-16-17-18-20-24-28-32-41(46)50-36-40(37-52-54(48,49)51-35-39(45)34-43)53-42(47)33-29-25-21-23-27-31-38(44)30-26-22-19-10-8-6-4-2/h19,22,26,30,39-40,43,45H,3-18,20-21,23-25,27-29,31-37H2,1-2H3,(H,48,49)/b22-19-,30-26+/t39-,40+/m0/s1. The first-order chi connectivity index (χ1) is 26.1. The number of carbonyl (C=O) groups excluding carboxylic acids is 3. The Hall–Kier alpha value is -1.88. The van der Waals surface area contributed by atoms with Crippen LogP contribution in [0, 0.1) is 0 Å². The molecule has 54 heavy (non-hydrogen) atoms. The Morgan fingerprint density at radius 2 is 1.06 bits per heavy atom. The lowest BCUT2D eigenvalue weighted by atomic mass is 10.0. The summed E-state index contributed by atoms with van der Waals surface area (Å²) in [6.07, 6.45) is 32.5. The Balaban J connectivity index is 4.38. The highest BCUT2D eigenvalue weighted by molar-refractivity contribution is 7.47. The summed E-state index contributed by atoms with van der Waals surface area (Å²) >= 11 is 0. The Kier molecular flexibility index (Phi) is 36.7. The van der Waals surface area contributed by atoms with Gasteiger partial charge in [-0.15, -0.1) is 0 Å². The van der Waals surface area contributed by atoms with E-state index in [9.17, 15) is 28.9 Å². The lowest BCUT2D eigenvalue weighted by Crippen LogP contribution is -2.29. The molecule has 316 valence electrons. The first-order valence-electron chi connectivity index (χ1n) is 21.2. The van der Waals surface area contributed by atoms with Crippen molar-refractivity contribution in [3.05, 3.63) is 24.3 Å². The van der Waals surface area contributed by atoms with Gasteiger partial charge in [0.15, 0.2) is 11.9 Å². The van der Waals surface area contributed by atoms with Crippen LogP contribution in [0.2, 0.25) is 0 Å². The van der Waals surface area contributed by atoms with Gasteiger partial charge < -0.3 is 24.6 Å². The second-order valence-corrected chi connectivity index (χ2v) is 15.9. The molecule has 1 unspecified atom stereocenters. The van der Waals surface area contributed by atoms with Crippen LogP contribution < -0.4 is 0 Å². The van der Waals surface area contributed by atoms with Gasteiger partial charge in [-0.3, -0.25) is 23.4 Å². The molecule has 0 saturated heterocycles. The molecular formula is C42H77O11P. The van der Waals surface area contributed by atoms with E-state index < -0.39 is 51.8 Å². The third-order valence-electron chi connectivity index (χ3n) is 9.08. The lowest BCUT2D eigenvalue weighted by molar-refractivity contribution is -0.161. The minimum Gasteiger partial charge on any atom is -0.462 e. The minimum absolute atomic E-state index is 0.1000. The molecule has 0 aromatic heterocycles. The molecule has 0 bridgehead atoms. The Labute approximate surface area is 327 Å². The van der Waals surface area contributed by atoms with Gasteiger partial charge in [0.25, 0.3) is 0 Å². The van der Waals surface area contributed by atoms with E-state index in [1.165, 1.54) is 83.5 Å². The fourth-order valence-electron chi connectivity index (χ4n) is 5.74. The second kappa shape index (κ2) is 38.0. The van der Waals surface area contributed by atoms with Gasteiger partial charge in [0, 0.05) is 19.3 Å². The van der Waals surface area contributed by atoms with Crippen LogP contribution in [0.5, 0.6) is 0 Å². The largest absolute Gasteiger partial charge is 0.472 e. The number of aliphatic hydroxyl groups is 2. The van der Waals surface area contributed by atoms with Crippen LogP contribution >= 0.6 is 7.82 Å². The van der Waals surface area contributed by atoms with Crippen LogP contribution in [0.4, 0.5) is 0 Å². The van der Waals surface area contributed by atoms with Gasteiger partial charge in [-0.2, -0.15) is 0 Å². The Bertz CT molecular complexity index is 1020. The maximum Gasteiger partial charge on any atom is 0.472 e. The molecule has 0 spiro atoms. The number of unbranched alkanes of at least 4 members (excludes halogenated alkanes) is 21. The fourth-order valence-corrected chi connectivity index (χ4v) is 6.53. The topological polar surface area (TPSA) is 166 Å². The molecule has 0 amide bonds. The molecule has 0 radical (unpaired) electrons. The summed E-state index contributed by atoms with van der Waals surface area (Å²) in [5, 5.41) is 18.3. The predicted molar refractivity (Wildman–Crippen MR) is 215 cm³/mol.